The number of carbonyl (C=O) groups excluding carboxylic acids is 16. The number of H-pyrrole nitrogens is 1. The number of benzene rings is 1. The number of thiol groups is 1. The normalized spacial score (nSPS) is 24.8. The van der Waals surface area contributed by atoms with Gasteiger partial charge in [-0.1, -0.05) is 31.5 Å². The van der Waals surface area contributed by atoms with E-state index in [1.54, 1.807) is 25.4 Å². The average Bonchev–Trinajstić information content (AvgIpc) is 1.62. The first-order chi connectivity index (χ1) is 45.8. The quantitative estimate of drug-likeness (QED) is 0.0311. The van der Waals surface area contributed by atoms with Crippen LogP contribution < -0.4 is 65.5 Å². The summed E-state index contributed by atoms with van der Waals surface area (Å²) in [6.07, 6.45) is 11.9. The van der Waals surface area contributed by atoms with Crippen molar-refractivity contribution in [1.29, 1.82) is 0 Å². The Labute approximate surface area is 555 Å². The van der Waals surface area contributed by atoms with Gasteiger partial charge in [0.25, 0.3) is 0 Å². The molecule has 13 atom stereocenters. The first kappa shape index (κ1) is 71.9. The van der Waals surface area contributed by atoms with Crippen molar-refractivity contribution < 1.29 is 76.7 Å². The summed E-state index contributed by atoms with van der Waals surface area (Å²) < 4.78 is 1.53. The number of β-lactam (4-membered cyclic amide) rings is 4. The van der Waals surface area contributed by atoms with Crippen molar-refractivity contribution in [1.82, 2.24) is 72.0 Å². The number of hydrogen-bond acceptors (Lipinski definition) is 18. The van der Waals surface area contributed by atoms with Crippen LogP contribution in [-0.2, 0) is 89.7 Å². The lowest BCUT2D eigenvalue weighted by Crippen LogP contribution is -2.61. The molecule has 1 saturated carbocycles. The van der Waals surface area contributed by atoms with E-state index in [1.807, 2.05) is 30.5 Å². The SMILES string of the molecule is CC[C@H](NC(=O)[C@@H]1CC(=O)N1)C(=O)N1CCC[C@H]1C(N)=O.NC(=O)[C@@H]1CCCC1C(=O)[C@H](Cc1c[nH]c2ccccc12)NC(=O)[C@@H]1CC(=O)N1.NC(=O)[C@@H]1CCCN1C(=O)[C@H](CS)NC(=O)[C@@H]1CC(=O)N1.NC(=O)[C@@H]1CCCN1C(=O)[C@H](Cn1cccn1)NC(=O)[C@@H]1CC(=O)N1. The molecule has 7 aliphatic heterocycles. The van der Waals surface area contributed by atoms with Crippen LogP contribution in [0.2, 0.25) is 0 Å². The van der Waals surface area contributed by atoms with Crippen LogP contribution in [0, 0.1) is 11.8 Å². The number of hydrogen-bond donors (Lipinski definition) is 14. The zero-order chi connectivity index (χ0) is 69.7. The smallest absolute Gasteiger partial charge is 0.247 e. The molecule has 35 heteroatoms. The van der Waals surface area contributed by atoms with Crippen LogP contribution in [0.3, 0.4) is 0 Å². The highest BCUT2D eigenvalue weighted by atomic mass is 32.1. The molecule has 3 aromatic rings. The van der Waals surface area contributed by atoms with Gasteiger partial charge in [0.15, 0.2) is 5.78 Å². The standard InChI is InChI=1S/C21H24N4O4.C15H20N6O4.C13H20N4O4.C12H18N4O4S/c22-20(28)14-6-3-5-13(14)19(27)16(25-21(29)17-9-18(26)24-17)8-11-10-23-15-7-2-1-4-12(11)15;16-13(23)11-3-1-6-21(11)15(25)10(8-20-5-2-4-17-20)19-14(24)9-7-12(22)18-9;1-2-7(16-12(20)8-6-10(18)15-8)13(21)17-5-3-4-9(17)11(14)19;13-10(18)8-2-1-3-16(8)12(20)7(5-21)15-11(19)6-4-9(17)14-6/h1-2,4,7,10,13-14,16-17,23H,3,5-6,8-9H2,(H2,22,28)(H,24,26)(H,25,29);2,4-5,9-11H,1,3,6-8H2,(H2,16,23)(H,18,22)(H,19,24);7-9H,2-6H2,1H3,(H2,14,19)(H,15,18)(H,16,20);6-8,21H,1-5H2,(H2,13,18)(H,14,17)(H,15,19)/t13?,14-,16+,17+;9-,10-,11-;7-,8-,9-;6-,7-,8-/m1000/s1. The number of likely N-dealkylation sites (tertiary alicyclic amines) is 3. The molecule has 8 fully saturated rings. The van der Waals surface area contributed by atoms with Gasteiger partial charge in [-0.05, 0) is 75.5 Å². The monoisotopic (exact) mass is 1350 g/mol. The van der Waals surface area contributed by atoms with Crippen LogP contribution in [0.15, 0.2) is 48.9 Å². The van der Waals surface area contributed by atoms with Crippen molar-refractivity contribution in [2.75, 3.05) is 25.4 Å². The van der Waals surface area contributed by atoms with Crippen molar-refractivity contribution in [3.8, 4) is 0 Å². The van der Waals surface area contributed by atoms with E-state index in [2.05, 4.69) is 65.2 Å². The second-order valence-electron chi connectivity index (χ2n) is 24.6. The first-order valence-electron chi connectivity index (χ1n) is 31.9. The van der Waals surface area contributed by atoms with Crippen molar-refractivity contribution in [3.05, 3.63) is 54.5 Å². The summed E-state index contributed by atoms with van der Waals surface area (Å²) in [5.74, 6) is -6.54. The van der Waals surface area contributed by atoms with Gasteiger partial charge in [0.2, 0.25) is 88.6 Å². The maximum absolute atomic E-state index is 13.3. The molecule has 2 aromatic heterocycles. The molecule has 518 valence electrons. The molecule has 8 aliphatic rings. The average molecular weight is 1360 g/mol. The molecule has 1 unspecified atom stereocenters. The number of ketones is 1. The molecule has 0 radical (unpaired) electrons. The van der Waals surface area contributed by atoms with E-state index < -0.39 is 114 Å². The Morgan fingerprint density at radius 1 is 0.531 bits per heavy atom. The molecule has 34 nitrogen and oxygen atoms in total. The Morgan fingerprint density at radius 2 is 0.938 bits per heavy atom. The van der Waals surface area contributed by atoms with Gasteiger partial charge in [-0.2, -0.15) is 17.7 Å². The Balaban J connectivity index is 0.000000165. The highest BCUT2D eigenvalue weighted by Crippen LogP contribution is 2.34. The third-order valence-corrected chi connectivity index (χ3v) is 18.5. The number of rotatable bonds is 23. The molecular weight excluding hydrogens is 1270 g/mol. The van der Waals surface area contributed by atoms with Gasteiger partial charge >= 0.3 is 0 Å². The van der Waals surface area contributed by atoms with Gasteiger partial charge < -0.3 is 85.2 Å². The highest BCUT2D eigenvalue weighted by molar-refractivity contribution is 7.80. The van der Waals surface area contributed by atoms with Crippen LogP contribution in [0.1, 0.15) is 102 Å². The number of para-hydroxylation sites is 1. The molecule has 17 N–H and O–H groups in total. The molecule has 1 aliphatic carbocycles. The Hall–Kier alpha value is -9.96. The third kappa shape index (κ3) is 17.7. The second kappa shape index (κ2) is 32.5. The van der Waals surface area contributed by atoms with E-state index in [4.69, 9.17) is 22.9 Å². The zero-order valence-corrected chi connectivity index (χ0v) is 53.7. The van der Waals surface area contributed by atoms with Gasteiger partial charge in [-0.3, -0.25) is 81.4 Å². The largest absolute Gasteiger partial charge is 0.369 e. The fraction of sp³-hybridized carbons (Fsp3) is 0.557. The summed E-state index contributed by atoms with van der Waals surface area (Å²) in [6.45, 7) is 3.22. The van der Waals surface area contributed by atoms with Crippen molar-refractivity contribution >= 4 is 118 Å². The number of nitrogens with zero attached hydrogens (tertiary/aromatic N) is 5. The summed E-state index contributed by atoms with van der Waals surface area (Å²) in [7, 11) is 0. The number of primary amides is 4. The number of amides is 15. The number of aromatic amines is 1. The number of nitrogens with one attached hydrogen (secondary N) is 9. The minimum Gasteiger partial charge on any atom is -0.369 e. The first-order valence-corrected chi connectivity index (χ1v) is 32.5. The lowest BCUT2D eigenvalue weighted by Gasteiger charge is -2.31. The molecule has 7 saturated heterocycles. The van der Waals surface area contributed by atoms with Crippen LogP contribution in [0.5, 0.6) is 0 Å². The fourth-order valence-electron chi connectivity index (χ4n) is 12.7. The van der Waals surface area contributed by atoms with Crippen LogP contribution in [-0.4, -0.2) is 216 Å². The van der Waals surface area contributed by atoms with E-state index in [0.717, 1.165) is 29.3 Å². The minimum absolute atomic E-state index is 0.0993. The van der Waals surface area contributed by atoms with Crippen molar-refractivity contribution in [2.24, 2.45) is 34.8 Å². The maximum atomic E-state index is 13.3. The summed E-state index contributed by atoms with van der Waals surface area (Å²) in [5.41, 5.74) is 23.3. The molecule has 9 heterocycles. The lowest BCUT2D eigenvalue weighted by molar-refractivity contribution is -0.143. The highest BCUT2D eigenvalue weighted by Gasteiger charge is 2.45. The van der Waals surface area contributed by atoms with Crippen LogP contribution >= 0.6 is 12.6 Å². The molecule has 1 aromatic carbocycles. The second-order valence-corrected chi connectivity index (χ2v) is 25.0. The Kier molecular flexibility index (Phi) is 24.3. The van der Waals surface area contributed by atoms with Crippen LogP contribution in [0.25, 0.3) is 10.9 Å². The number of Topliss-reactive ketones (excluding diaryl/α,β-unsaturated/α-hetero) is 1. The summed E-state index contributed by atoms with van der Waals surface area (Å²) in [4.78, 5) is 197. The minimum atomic E-state index is -0.898. The maximum Gasteiger partial charge on any atom is 0.247 e. The summed E-state index contributed by atoms with van der Waals surface area (Å²) in [5, 5.41) is 25.6. The van der Waals surface area contributed by atoms with Gasteiger partial charge in [0.05, 0.1) is 38.3 Å². The summed E-state index contributed by atoms with van der Waals surface area (Å²) >= 11 is 4.07. The van der Waals surface area contributed by atoms with E-state index in [9.17, 15) is 76.7 Å². The molecule has 96 heavy (non-hydrogen) atoms. The predicted octanol–water partition coefficient (Wildman–Crippen LogP) is -5.70. The van der Waals surface area contributed by atoms with E-state index >= 15 is 0 Å². The Bertz CT molecular complexity index is 3390. The van der Waals surface area contributed by atoms with Gasteiger partial charge in [-0.15, -0.1) is 0 Å². The van der Waals surface area contributed by atoms with Gasteiger partial charge in [0, 0.05) is 73.1 Å². The van der Waals surface area contributed by atoms with Crippen molar-refractivity contribution in [2.45, 2.75) is 176 Å². The molecule has 0 spiro atoms. The lowest BCUT2D eigenvalue weighted by atomic mass is 9.85. The van der Waals surface area contributed by atoms with Crippen molar-refractivity contribution in [3.63, 3.8) is 0 Å². The molecule has 15 amide bonds. The van der Waals surface area contributed by atoms with Gasteiger partial charge in [0.1, 0.15) is 60.4 Å². The zero-order valence-electron chi connectivity index (χ0n) is 52.8. The topological polar surface area (TPSA) is 517 Å². The summed E-state index contributed by atoms with van der Waals surface area (Å²) in [6, 6.07) is 1.93. The van der Waals surface area contributed by atoms with E-state index in [-0.39, 0.29) is 96.9 Å². The molecular formula is C61H82N18O16S. The number of carbonyl (C=O) groups is 16. The van der Waals surface area contributed by atoms with Crippen LogP contribution in [0.4, 0.5) is 0 Å². The predicted molar refractivity (Wildman–Crippen MR) is 339 cm³/mol. The third-order valence-electron chi connectivity index (χ3n) is 18.1. The Morgan fingerprint density at radius 3 is 1.34 bits per heavy atom. The van der Waals surface area contributed by atoms with E-state index in [1.165, 1.54) is 19.4 Å². The number of aromatic nitrogens is 3. The van der Waals surface area contributed by atoms with Gasteiger partial charge in [-0.25, -0.2) is 0 Å². The number of nitrogens with two attached hydrogens (primary N) is 4. The number of fused-ring (bicyclic) bond motifs is 1. The fourth-order valence-corrected chi connectivity index (χ4v) is 12.9. The molecule has 11 rings (SSSR count). The molecule has 0 bridgehead atoms. The van der Waals surface area contributed by atoms with E-state index in [0.29, 0.717) is 77.4 Å².